The Bertz CT molecular complexity index is 689. The molecule has 0 aliphatic rings. The standard InChI is InChI=1S/C23H36N4O4/c1-2-3-4-5-6-7-8-9-10-11-12-13-22(28)24-19-23(29)26-25-18-20-14-16-21(17-15-20)27(30)31/h14-18H,2-13,19H2,1H3,(H,24,28)(H,26,29)/b25-18+. The van der Waals surface area contributed by atoms with Gasteiger partial charge in [-0.2, -0.15) is 5.10 Å². The van der Waals surface area contributed by atoms with Crippen molar-refractivity contribution in [3.05, 3.63) is 39.9 Å². The summed E-state index contributed by atoms with van der Waals surface area (Å²) in [5.74, 6) is -0.559. The fourth-order valence-corrected chi connectivity index (χ4v) is 3.12. The number of carbonyl (C=O) groups excluding carboxylic acids is 2. The second-order valence-electron chi connectivity index (χ2n) is 7.70. The number of amides is 2. The van der Waals surface area contributed by atoms with Crippen molar-refractivity contribution >= 4 is 23.7 Å². The van der Waals surface area contributed by atoms with Gasteiger partial charge in [0, 0.05) is 18.6 Å². The van der Waals surface area contributed by atoms with Gasteiger partial charge in [0.2, 0.25) is 5.91 Å². The van der Waals surface area contributed by atoms with Crippen LogP contribution in [0.15, 0.2) is 29.4 Å². The zero-order valence-electron chi connectivity index (χ0n) is 18.6. The molecule has 0 aliphatic heterocycles. The molecular formula is C23H36N4O4. The highest BCUT2D eigenvalue weighted by molar-refractivity contribution is 5.86. The van der Waals surface area contributed by atoms with Gasteiger partial charge >= 0.3 is 0 Å². The lowest BCUT2D eigenvalue weighted by molar-refractivity contribution is -0.384. The second-order valence-corrected chi connectivity index (χ2v) is 7.70. The molecule has 2 amide bonds. The van der Waals surface area contributed by atoms with Crippen molar-refractivity contribution in [2.24, 2.45) is 5.10 Å². The van der Waals surface area contributed by atoms with Crippen LogP contribution in [0.4, 0.5) is 5.69 Å². The third-order valence-electron chi connectivity index (χ3n) is 4.96. The maximum atomic E-state index is 11.8. The molecule has 0 aliphatic carbocycles. The summed E-state index contributed by atoms with van der Waals surface area (Å²) in [5.41, 5.74) is 2.92. The summed E-state index contributed by atoms with van der Waals surface area (Å²) < 4.78 is 0. The van der Waals surface area contributed by atoms with Gasteiger partial charge in [0.05, 0.1) is 17.7 Å². The van der Waals surface area contributed by atoms with Crippen molar-refractivity contribution in [3.8, 4) is 0 Å². The van der Waals surface area contributed by atoms with Crippen molar-refractivity contribution in [1.29, 1.82) is 0 Å². The van der Waals surface area contributed by atoms with E-state index in [1.807, 2.05) is 0 Å². The number of nitro groups is 1. The van der Waals surface area contributed by atoms with Crippen LogP contribution in [0.3, 0.4) is 0 Å². The minimum absolute atomic E-state index is 0.0123. The van der Waals surface area contributed by atoms with Gasteiger partial charge in [0.1, 0.15) is 0 Å². The highest BCUT2D eigenvalue weighted by atomic mass is 16.6. The molecule has 0 saturated heterocycles. The third kappa shape index (κ3) is 14.0. The van der Waals surface area contributed by atoms with Crippen LogP contribution in [0.25, 0.3) is 0 Å². The number of nitro benzene ring substituents is 1. The van der Waals surface area contributed by atoms with E-state index >= 15 is 0 Å². The van der Waals surface area contributed by atoms with Crippen LogP contribution in [0.1, 0.15) is 89.5 Å². The Balaban J connectivity index is 2.01. The molecule has 0 radical (unpaired) electrons. The van der Waals surface area contributed by atoms with E-state index < -0.39 is 10.8 Å². The molecule has 1 rings (SSSR count). The van der Waals surface area contributed by atoms with Gasteiger partial charge in [0.25, 0.3) is 11.6 Å². The summed E-state index contributed by atoms with van der Waals surface area (Å²) in [5, 5.41) is 17.0. The van der Waals surface area contributed by atoms with E-state index in [-0.39, 0.29) is 18.1 Å². The summed E-state index contributed by atoms with van der Waals surface area (Å²) >= 11 is 0. The predicted molar refractivity (Wildman–Crippen MR) is 123 cm³/mol. The van der Waals surface area contributed by atoms with Crippen LogP contribution in [-0.4, -0.2) is 29.5 Å². The monoisotopic (exact) mass is 432 g/mol. The van der Waals surface area contributed by atoms with Crippen LogP contribution in [0.2, 0.25) is 0 Å². The molecular weight excluding hydrogens is 396 g/mol. The molecule has 8 heteroatoms. The highest BCUT2D eigenvalue weighted by Gasteiger charge is 2.05. The smallest absolute Gasteiger partial charge is 0.269 e. The first-order valence-corrected chi connectivity index (χ1v) is 11.4. The SMILES string of the molecule is CCCCCCCCCCCCCC(=O)NCC(=O)N/N=C/c1ccc([N+](=O)[O-])cc1. The Hall–Kier alpha value is -2.77. The molecule has 0 heterocycles. The van der Waals surface area contributed by atoms with Crippen molar-refractivity contribution < 1.29 is 14.5 Å². The summed E-state index contributed by atoms with van der Waals surface area (Å²) in [7, 11) is 0. The topological polar surface area (TPSA) is 114 Å². The number of non-ortho nitro benzene ring substituents is 1. The number of nitrogens with zero attached hydrogens (tertiary/aromatic N) is 2. The van der Waals surface area contributed by atoms with E-state index in [4.69, 9.17) is 0 Å². The third-order valence-corrected chi connectivity index (χ3v) is 4.96. The zero-order chi connectivity index (χ0) is 22.7. The molecule has 0 unspecified atom stereocenters. The molecule has 1 aromatic rings. The lowest BCUT2D eigenvalue weighted by atomic mass is 10.1. The van der Waals surface area contributed by atoms with Gasteiger partial charge in [-0.3, -0.25) is 19.7 Å². The van der Waals surface area contributed by atoms with Crippen molar-refractivity contribution in [1.82, 2.24) is 10.7 Å². The predicted octanol–water partition coefficient (Wildman–Crippen LogP) is 4.86. The lowest BCUT2D eigenvalue weighted by Gasteiger charge is -2.05. The summed E-state index contributed by atoms with van der Waals surface area (Å²) in [4.78, 5) is 33.6. The Kier molecular flexibility index (Phi) is 14.4. The summed E-state index contributed by atoms with van der Waals surface area (Å²) in [6, 6.07) is 5.78. The van der Waals surface area contributed by atoms with E-state index in [1.54, 1.807) is 0 Å². The average molecular weight is 433 g/mol. The van der Waals surface area contributed by atoms with Gasteiger partial charge < -0.3 is 5.32 Å². The molecule has 0 atom stereocenters. The molecule has 0 spiro atoms. The Morgan fingerprint density at radius 2 is 1.45 bits per heavy atom. The second kappa shape index (κ2) is 17.0. The van der Waals surface area contributed by atoms with Gasteiger partial charge in [-0.25, -0.2) is 5.43 Å². The van der Waals surface area contributed by atoms with E-state index in [0.29, 0.717) is 12.0 Å². The summed E-state index contributed by atoms with van der Waals surface area (Å²) in [6.45, 7) is 2.10. The van der Waals surface area contributed by atoms with Crippen molar-refractivity contribution in [2.45, 2.75) is 84.0 Å². The normalized spacial score (nSPS) is 10.9. The molecule has 0 bridgehead atoms. The minimum Gasteiger partial charge on any atom is -0.347 e. The average Bonchev–Trinajstić information content (AvgIpc) is 2.76. The van der Waals surface area contributed by atoms with Gasteiger partial charge in [-0.1, -0.05) is 71.1 Å². The van der Waals surface area contributed by atoms with Crippen molar-refractivity contribution in [2.75, 3.05) is 6.54 Å². The van der Waals surface area contributed by atoms with Gasteiger partial charge in [-0.15, -0.1) is 0 Å². The van der Waals surface area contributed by atoms with Crippen LogP contribution in [0.5, 0.6) is 0 Å². The highest BCUT2D eigenvalue weighted by Crippen LogP contribution is 2.12. The molecule has 1 aromatic carbocycles. The molecule has 31 heavy (non-hydrogen) atoms. The lowest BCUT2D eigenvalue weighted by Crippen LogP contribution is -2.34. The van der Waals surface area contributed by atoms with Gasteiger partial charge in [0.15, 0.2) is 0 Å². The molecule has 2 N–H and O–H groups in total. The van der Waals surface area contributed by atoms with Crippen LogP contribution >= 0.6 is 0 Å². The van der Waals surface area contributed by atoms with Gasteiger partial charge in [-0.05, 0) is 24.1 Å². The molecule has 0 aromatic heterocycles. The fraction of sp³-hybridized carbons (Fsp3) is 0.609. The maximum absolute atomic E-state index is 11.8. The number of benzene rings is 1. The maximum Gasteiger partial charge on any atom is 0.269 e. The number of hydrogen-bond donors (Lipinski definition) is 2. The number of unbranched alkanes of at least 4 members (excludes halogenated alkanes) is 10. The largest absolute Gasteiger partial charge is 0.347 e. The molecule has 0 fully saturated rings. The number of carbonyl (C=O) groups is 2. The van der Waals surface area contributed by atoms with Crippen LogP contribution in [0, 0.1) is 10.1 Å². The van der Waals surface area contributed by atoms with E-state index in [1.165, 1.54) is 81.8 Å². The van der Waals surface area contributed by atoms with E-state index in [0.717, 1.165) is 19.3 Å². The molecule has 0 saturated carbocycles. The number of nitrogens with one attached hydrogen (secondary N) is 2. The number of hydrazone groups is 1. The minimum atomic E-state index is -0.484. The zero-order valence-corrected chi connectivity index (χ0v) is 18.6. The first-order valence-electron chi connectivity index (χ1n) is 11.4. The Morgan fingerprint density at radius 1 is 0.903 bits per heavy atom. The molecule has 8 nitrogen and oxygen atoms in total. The van der Waals surface area contributed by atoms with Crippen LogP contribution in [-0.2, 0) is 9.59 Å². The fourth-order valence-electron chi connectivity index (χ4n) is 3.12. The summed E-state index contributed by atoms with van der Waals surface area (Å²) in [6.07, 6.45) is 15.3. The van der Waals surface area contributed by atoms with Crippen molar-refractivity contribution in [3.63, 3.8) is 0 Å². The number of rotatable bonds is 17. The Labute approximate surface area is 185 Å². The van der Waals surface area contributed by atoms with E-state index in [9.17, 15) is 19.7 Å². The van der Waals surface area contributed by atoms with Crippen LogP contribution < -0.4 is 10.7 Å². The Morgan fingerprint density at radius 3 is 2.00 bits per heavy atom. The quantitative estimate of drug-likeness (QED) is 0.158. The first kappa shape index (κ1) is 26.3. The molecule has 172 valence electrons. The first-order chi connectivity index (χ1) is 15.0. The number of hydrogen-bond acceptors (Lipinski definition) is 5. The van der Waals surface area contributed by atoms with E-state index in [2.05, 4.69) is 22.8 Å².